The number of carbonyl (C=O) groups is 1. The molecule has 5 aromatic heterocycles. The number of nitrogens with one attached hydrogen (secondary N) is 1. The van der Waals surface area contributed by atoms with Crippen LogP contribution in [0.3, 0.4) is 0 Å². The maximum Gasteiger partial charge on any atom is 0.434 e. The molecule has 31 heavy (non-hydrogen) atoms. The number of aromatic nitrogens is 5. The highest BCUT2D eigenvalue weighted by Crippen LogP contribution is 2.29. The first-order valence-corrected chi connectivity index (χ1v) is 9.16. The van der Waals surface area contributed by atoms with E-state index in [0.29, 0.717) is 22.9 Å². The number of pyridine rings is 3. The average molecular weight is 422 g/mol. The van der Waals surface area contributed by atoms with E-state index >= 15 is 0 Å². The third-order valence-corrected chi connectivity index (χ3v) is 4.67. The van der Waals surface area contributed by atoms with Gasteiger partial charge in [-0.3, -0.25) is 14.2 Å². The first-order valence-electron chi connectivity index (χ1n) is 9.16. The summed E-state index contributed by atoms with van der Waals surface area (Å²) in [5, 5.41) is 2.82. The first-order chi connectivity index (χ1) is 14.9. The van der Waals surface area contributed by atoms with Crippen LogP contribution in [0.2, 0.25) is 0 Å². The molecule has 5 aromatic rings. The SMILES string of the molecule is O=C(Nc1c(-c2ccccn2)nc2ccccn12)c1ccc2nc(C(F)(F)F)cn2c1. The molecule has 0 unspecified atom stereocenters. The Morgan fingerprint density at radius 2 is 1.77 bits per heavy atom. The molecule has 0 aromatic carbocycles. The van der Waals surface area contributed by atoms with Gasteiger partial charge in [-0.15, -0.1) is 0 Å². The van der Waals surface area contributed by atoms with Crippen molar-refractivity contribution in [3.05, 3.63) is 84.6 Å². The second kappa shape index (κ2) is 6.94. The Morgan fingerprint density at radius 3 is 2.55 bits per heavy atom. The minimum Gasteiger partial charge on any atom is -0.306 e. The molecule has 0 saturated heterocycles. The standard InChI is InChI=1S/C21H13F3N6O/c22-21(23,24)15-12-29-11-13(7-8-16(29)26-15)20(31)28-19-18(14-5-1-3-9-25-14)27-17-6-2-4-10-30(17)19/h1-12H,(H,28,31). The quantitative estimate of drug-likeness (QED) is 0.470. The lowest BCUT2D eigenvalue weighted by Crippen LogP contribution is -2.14. The lowest BCUT2D eigenvalue weighted by atomic mass is 10.2. The van der Waals surface area contributed by atoms with Gasteiger partial charge >= 0.3 is 6.18 Å². The number of rotatable bonds is 3. The largest absolute Gasteiger partial charge is 0.434 e. The Bertz CT molecular complexity index is 1420. The predicted octanol–water partition coefficient (Wildman–Crippen LogP) is 4.32. The van der Waals surface area contributed by atoms with Gasteiger partial charge in [-0.25, -0.2) is 9.97 Å². The molecule has 0 aliphatic rings. The molecule has 10 heteroatoms. The summed E-state index contributed by atoms with van der Waals surface area (Å²) in [6.45, 7) is 0. The van der Waals surface area contributed by atoms with E-state index in [0.717, 1.165) is 6.20 Å². The highest BCUT2D eigenvalue weighted by Gasteiger charge is 2.34. The number of anilines is 1. The van der Waals surface area contributed by atoms with Crippen molar-refractivity contribution >= 4 is 23.0 Å². The summed E-state index contributed by atoms with van der Waals surface area (Å²) in [7, 11) is 0. The molecule has 0 fully saturated rings. The van der Waals surface area contributed by atoms with Gasteiger partial charge in [0.05, 0.1) is 11.3 Å². The topological polar surface area (TPSA) is 76.6 Å². The number of alkyl halides is 3. The molecule has 5 rings (SSSR count). The maximum absolute atomic E-state index is 13.0. The van der Waals surface area contributed by atoms with Crippen LogP contribution in [0, 0.1) is 0 Å². The highest BCUT2D eigenvalue weighted by molar-refractivity contribution is 6.05. The van der Waals surface area contributed by atoms with Crippen LogP contribution in [0.5, 0.6) is 0 Å². The number of nitrogens with zero attached hydrogens (tertiary/aromatic N) is 5. The van der Waals surface area contributed by atoms with Gasteiger partial charge in [-0.2, -0.15) is 13.2 Å². The summed E-state index contributed by atoms with van der Waals surface area (Å²) in [5.74, 6) is -0.104. The third-order valence-electron chi connectivity index (χ3n) is 4.67. The Balaban J connectivity index is 1.55. The lowest BCUT2D eigenvalue weighted by molar-refractivity contribution is -0.140. The molecule has 0 aliphatic carbocycles. The minimum absolute atomic E-state index is 0.0906. The van der Waals surface area contributed by atoms with Gasteiger partial charge in [0.25, 0.3) is 5.91 Å². The van der Waals surface area contributed by atoms with Gasteiger partial charge in [0.1, 0.15) is 22.8 Å². The number of imidazole rings is 2. The Morgan fingerprint density at radius 1 is 0.935 bits per heavy atom. The maximum atomic E-state index is 13.0. The zero-order valence-corrected chi connectivity index (χ0v) is 15.7. The van der Waals surface area contributed by atoms with Crippen LogP contribution in [-0.2, 0) is 6.18 Å². The molecule has 0 saturated carbocycles. The van der Waals surface area contributed by atoms with Crippen molar-refractivity contribution < 1.29 is 18.0 Å². The summed E-state index contributed by atoms with van der Waals surface area (Å²) >= 11 is 0. The van der Waals surface area contributed by atoms with E-state index in [9.17, 15) is 18.0 Å². The van der Waals surface area contributed by atoms with Gasteiger partial charge in [0.2, 0.25) is 0 Å². The van der Waals surface area contributed by atoms with Crippen molar-refractivity contribution in [3.63, 3.8) is 0 Å². The van der Waals surface area contributed by atoms with Crippen molar-refractivity contribution in [2.24, 2.45) is 0 Å². The second-order valence-electron chi connectivity index (χ2n) is 6.71. The first kappa shape index (κ1) is 18.8. The van der Waals surface area contributed by atoms with Gasteiger partial charge in [0, 0.05) is 24.8 Å². The number of amides is 1. The van der Waals surface area contributed by atoms with Crippen LogP contribution in [0.25, 0.3) is 22.7 Å². The van der Waals surface area contributed by atoms with Crippen molar-refractivity contribution in [2.45, 2.75) is 6.18 Å². The van der Waals surface area contributed by atoms with Gasteiger partial charge in [-0.1, -0.05) is 12.1 Å². The molecule has 0 aliphatic heterocycles. The fraction of sp³-hybridized carbons (Fsp3) is 0.0476. The lowest BCUT2D eigenvalue weighted by Gasteiger charge is -2.08. The highest BCUT2D eigenvalue weighted by atomic mass is 19.4. The molecular weight excluding hydrogens is 409 g/mol. The summed E-state index contributed by atoms with van der Waals surface area (Å²) in [5.41, 5.74) is 0.886. The van der Waals surface area contributed by atoms with E-state index in [-0.39, 0.29) is 11.2 Å². The number of fused-ring (bicyclic) bond motifs is 2. The van der Waals surface area contributed by atoms with Crippen LogP contribution >= 0.6 is 0 Å². The minimum atomic E-state index is -4.57. The zero-order valence-electron chi connectivity index (χ0n) is 15.7. The molecule has 0 atom stereocenters. The number of carbonyl (C=O) groups excluding carboxylic acids is 1. The Kier molecular flexibility index (Phi) is 4.21. The second-order valence-corrected chi connectivity index (χ2v) is 6.71. The molecule has 1 N–H and O–H groups in total. The molecule has 154 valence electrons. The van der Waals surface area contributed by atoms with E-state index in [2.05, 4.69) is 20.3 Å². The van der Waals surface area contributed by atoms with Crippen LogP contribution in [0.4, 0.5) is 19.0 Å². The Hall–Kier alpha value is -4.21. The fourth-order valence-electron chi connectivity index (χ4n) is 3.24. The summed E-state index contributed by atoms with van der Waals surface area (Å²) < 4.78 is 41.6. The molecule has 5 heterocycles. The predicted molar refractivity (Wildman–Crippen MR) is 107 cm³/mol. The van der Waals surface area contributed by atoms with E-state index in [1.165, 1.54) is 22.7 Å². The molecular formula is C21H13F3N6O. The molecule has 7 nitrogen and oxygen atoms in total. The monoisotopic (exact) mass is 422 g/mol. The van der Waals surface area contributed by atoms with Crippen molar-refractivity contribution in [3.8, 4) is 11.4 Å². The van der Waals surface area contributed by atoms with Gasteiger partial charge < -0.3 is 9.72 Å². The summed E-state index contributed by atoms with van der Waals surface area (Å²) in [4.78, 5) is 25.4. The summed E-state index contributed by atoms with van der Waals surface area (Å²) in [6, 6.07) is 13.5. The average Bonchev–Trinajstić information content (AvgIpc) is 3.36. The summed E-state index contributed by atoms with van der Waals surface area (Å²) in [6.07, 6.45) is 0.952. The van der Waals surface area contributed by atoms with E-state index in [1.54, 1.807) is 41.1 Å². The third kappa shape index (κ3) is 3.37. The Labute approximate surface area is 172 Å². The van der Waals surface area contributed by atoms with Crippen molar-refractivity contribution in [1.29, 1.82) is 0 Å². The smallest absolute Gasteiger partial charge is 0.306 e. The molecule has 0 bridgehead atoms. The number of halogens is 3. The molecule has 0 radical (unpaired) electrons. The van der Waals surface area contributed by atoms with E-state index in [1.807, 2.05) is 12.1 Å². The normalized spacial score (nSPS) is 11.8. The van der Waals surface area contributed by atoms with E-state index < -0.39 is 17.8 Å². The van der Waals surface area contributed by atoms with Crippen LogP contribution in [-0.4, -0.2) is 29.7 Å². The molecule has 1 amide bonds. The van der Waals surface area contributed by atoms with Crippen LogP contribution in [0.1, 0.15) is 16.1 Å². The van der Waals surface area contributed by atoms with Crippen LogP contribution in [0.15, 0.2) is 73.3 Å². The fourth-order valence-corrected chi connectivity index (χ4v) is 3.24. The number of hydrogen-bond donors (Lipinski definition) is 1. The van der Waals surface area contributed by atoms with E-state index in [4.69, 9.17) is 0 Å². The van der Waals surface area contributed by atoms with Gasteiger partial charge in [0.15, 0.2) is 5.69 Å². The van der Waals surface area contributed by atoms with Crippen molar-refractivity contribution in [2.75, 3.05) is 5.32 Å². The molecule has 0 spiro atoms. The van der Waals surface area contributed by atoms with Crippen molar-refractivity contribution in [1.82, 2.24) is 23.8 Å². The van der Waals surface area contributed by atoms with Gasteiger partial charge in [-0.05, 0) is 36.4 Å². The number of hydrogen-bond acceptors (Lipinski definition) is 4. The zero-order chi connectivity index (χ0) is 21.6. The van der Waals surface area contributed by atoms with Crippen LogP contribution < -0.4 is 5.32 Å².